The van der Waals surface area contributed by atoms with E-state index in [-0.39, 0.29) is 24.8 Å². The van der Waals surface area contributed by atoms with Crippen molar-refractivity contribution in [2.24, 2.45) is 0 Å². The molecular weight excluding hydrogens is 242 g/mol. The lowest BCUT2D eigenvalue weighted by Gasteiger charge is -2.06. The van der Waals surface area contributed by atoms with Crippen molar-refractivity contribution in [3.05, 3.63) is 35.4 Å². The van der Waals surface area contributed by atoms with Crippen LogP contribution in [-0.2, 0) is 16.0 Å². The molecule has 5 heteroatoms. The summed E-state index contributed by atoms with van der Waals surface area (Å²) < 4.78 is 0. The second-order valence-corrected chi connectivity index (χ2v) is 4.60. The average Bonchev–Trinajstić information content (AvgIpc) is 3.21. The van der Waals surface area contributed by atoms with E-state index in [1.165, 1.54) is 0 Å². The van der Waals surface area contributed by atoms with Crippen LogP contribution in [0, 0.1) is 11.3 Å². The first kappa shape index (κ1) is 13.1. The van der Waals surface area contributed by atoms with Gasteiger partial charge in [0.05, 0.1) is 24.6 Å². The molecule has 1 aromatic carbocycles. The maximum Gasteiger partial charge on any atom is 0.239 e. The van der Waals surface area contributed by atoms with Gasteiger partial charge < -0.3 is 10.6 Å². The number of nitrogens with zero attached hydrogens (tertiary/aromatic N) is 1. The van der Waals surface area contributed by atoms with Crippen LogP contribution >= 0.6 is 0 Å². The third-order valence-corrected chi connectivity index (χ3v) is 2.84. The highest BCUT2D eigenvalue weighted by Crippen LogP contribution is 2.18. The fourth-order valence-electron chi connectivity index (χ4n) is 1.63. The van der Waals surface area contributed by atoms with Crippen molar-refractivity contribution in [1.29, 1.82) is 5.26 Å². The minimum atomic E-state index is -0.198. The molecule has 2 N–H and O–H groups in total. The maximum absolute atomic E-state index is 11.6. The van der Waals surface area contributed by atoms with E-state index in [0.717, 1.165) is 18.4 Å². The zero-order valence-electron chi connectivity index (χ0n) is 10.5. The van der Waals surface area contributed by atoms with E-state index >= 15 is 0 Å². The molecule has 1 aliphatic rings. The molecule has 0 aromatic heterocycles. The van der Waals surface area contributed by atoms with E-state index in [9.17, 15) is 9.59 Å². The number of amides is 2. The standard InChI is InChI=1S/C14H15N3O2/c15-8-11-3-1-10(2-4-11)7-13(18)16-9-14(19)17-12-5-6-12/h1-4,12H,5-7,9H2,(H,16,18)(H,17,19). The van der Waals surface area contributed by atoms with Crippen molar-refractivity contribution in [2.45, 2.75) is 25.3 Å². The first-order chi connectivity index (χ1) is 9.17. The fourth-order valence-corrected chi connectivity index (χ4v) is 1.63. The molecule has 0 bridgehead atoms. The molecule has 98 valence electrons. The van der Waals surface area contributed by atoms with Gasteiger partial charge in [-0.05, 0) is 30.5 Å². The Labute approximate surface area is 111 Å². The van der Waals surface area contributed by atoms with Gasteiger partial charge in [-0.3, -0.25) is 9.59 Å². The van der Waals surface area contributed by atoms with Crippen LogP contribution in [0.2, 0.25) is 0 Å². The van der Waals surface area contributed by atoms with Crippen molar-refractivity contribution in [3.63, 3.8) is 0 Å². The predicted molar refractivity (Wildman–Crippen MR) is 69.0 cm³/mol. The minimum Gasteiger partial charge on any atom is -0.352 e. The van der Waals surface area contributed by atoms with Crippen molar-refractivity contribution >= 4 is 11.8 Å². The predicted octanol–water partition coefficient (Wildman–Crippen LogP) is 0.496. The molecule has 0 spiro atoms. The SMILES string of the molecule is N#Cc1ccc(CC(=O)NCC(=O)NC2CC2)cc1. The Morgan fingerprint density at radius 1 is 1.21 bits per heavy atom. The smallest absolute Gasteiger partial charge is 0.239 e. The van der Waals surface area contributed by atoms with Gasteiger partial charge in [0, 0.05) is 6.04 Å². The minimum absolute atomic E-state index is 0.0195. The summed E-state index contributed by atoms with van der Waals surface area (Å²) >= 11 is 0. The number of nitrogens with one attached hydrogen (secondary N) is 2. The molecule has 0 aliphatic heterocycles. The highest BCUT2D eigenvalue weighted by Gasteiger charge is 2.23. The highest BCUT2D eigenvalue weighted by atomic mass is 16.2. The molecule has 0 saturated heterocycles. The van der Waals surface area contributed by atoms with E-state index in [0.29, 0.717) is 11.6 Å². The molecule has 1 saturated carbocycles. The number of hydrogen-bond donors (Lipinski definition) is 2. The van der Waals surface area contributed by atoms with Crippen LogP contribution in [-0.4, -0.2) is 24.4 Å². The van der Waals surface area contributed by atoms with E-state index in [1.807, 2.05) is 6.07 Å². The zero-order valence-corrected chi connectivity index (χ0v) is 10.5. The molecule has 0 radical (unpaired) electrons. The first-order valence-corrected chi connectivity index (χ1v) is 6.22. The van der Waals surface area contributed by atoms with E-state index in [2.05, 4.69) is 10.6 Å². The molecule has 1 fully saturated rings. The Bertz CT molecular complexity index is 512. The monoisotopic (exact) mass is 257 g/mol. The van der Waals surface area contributed by atoms with Crippen LogP contribution < -0.4 is 10.6 Å². The van der Waals surface area contributed by atoms with Gasteiger partial charge in [0.1, 0.15) is 0 Å². The van der Waals surface area contributed by atoms with Crippen LogP contribution in [0.25, 0.3) is 0 Å². The summed E-state index contributed by atoms with van der Waals surface area (Å²) in [6.07, 6.45) is 2.28. The van der Waals surface area contributed by atoms with Crippen LogP contribution in [0.15, 0.2) is 24.3 Å². The second kappa shape index (κ2) is 6.01. The lowest BCUT2D eigenvalue weighted by Crippen LogP contribution is -2.38. The lowest BCUT2D eigenvalue weighted by atomic mass is 10.1. The van der Waals surface area contributed by atoms with Crippen LogP contribution in [0.3, 0.4) is 0 Å². The van der Waals surface area contributed by atoms with Crippen molar-refractivity contribution in [3.8, 4) is 6.07 Å². The molecule has 0 unspecified atom stereocenters. The van der Waals surface area contributed by atoms with Gasteiger partial charge >= 0.3 is 0 Å². The summed E-state index contributed by atoms with van der Waals surface area (Å²) in [7, 11) is 0. The summed E-state index contributed by atoms with van der Waals surface area (Å²) in [4.78, 5) is 23.0. The zero-order chi connectivity index (χ0) is 13.7. The summed E-state index contributed by atoms with van der Waals surface area (Å²) in [5, 5.41) is 14.0. The highest BCUT2D eigenvalue weighted by molar-refractivity contribution is 5.85. The summed E-state index contributed by atoms with van der Waals surface area (Å²) in [6, 6.07) is 9.14. The topological polar surface area (TPSA) is 82.0 Å². The normalized spacial score (nSPS) is 13.4. The molecule has 1 aromatic rings. The van der Waals surface area contributed by atoms with Gasteiger partial charge in [-0.2, -0.15) is 5.26 Å². The van der Waals surface area contributed by atoms with Crippen LogP contribution in [0.5, 0.6) is 0 Å². The number of carbonyl (C=O) groups excluding carboxylic acids is 2. The Balaban J connectivity index is 1.73. The van der Waals surface area contributed by atoms with Gasteiger partial charge in [0.15, 0.2) is 0 Å². The van der Waals surface area contributed by atoms with Gasteiger partial charge in [-0.15, -0.1) is 0 Å². The number of benzene rings is 1. The van der Waals surface area contributed by atoms with Gasteiger partial charge in [0.2, 0.25) is 11.8 Å². The Kier molecular flexibility index (Phi) is 4.14. The van der Waals surface area contributed by atoms with Crippen molar-refractivity contribution in [1.82, 2.24) is 10.6 Å². The maximum atomic E-state index is 11.6. The Morgan fingerprint density at radius 3 is 2.47 bits per heavy atom. The molecule has 0 heterocycles. The summed E-state index contributed by atoms with van der Waals surface area (Å²) in [6.45, 7) is 0.0195. The van der Waals surface area contributed by atoms with E-state index < -0.39 is 0 Å². The number of carbonyl (C=O) groups is 2. The largest absolute Gasteiger partial charge is 0.352 e. The van der Waals surface area contributed by atoms with Gasteiger partial charge in [0.25, 0.3) is 0 Å². The van der Waals surface area contributed by atoms with Crippen LogP contribution in [0.4, 0.5) is 0 Å². The molecule has 19 heavy (non-hydrogen) atoms. The van der Waals surface area contributed by atoms with Crippen molar-refractivity contribution < 1.29 is 9.59 Å². The number of hydrogen-bond acceptors (Lipinski definition) is 3. The Hall–Kier alpha value is -2.35. The third kappa shape index (κ3) is 4.43. The summed E-state index contributed by atoms with van der Waals surface area (Å²) in [5.74, 6) is -0.341. The molecule has 5 nitrogen and oxygen atoms in total. The molecule has 2 rings (SSSR count). The molecule has 2 amide bonds. The lowest BCUT2D eigenvalue weighted by molar-refractivity contribution is -0.125. The number of rotatable bonds is 5. The second-order valence-electron chi connectivity index (χ2n) is 4.60. The molecule has 1 aliphatic carbocycles. The third-order valence-electron chi connectivity index (χ3n) is 2.84. The first-order valence-electron chi connectivity index (χ1n) is 6.22. The van der Waals surface area contributed by atoms with Gasteiger partial charge in [-0.1, -0.05) is 12.1 Å². The molecular formula is C14H15N3O2. The van der Waals surface area contributed by atoms with E-state index in [4.69, 9.17) is 5.26 Å². The average molecular weight is 257 g/mol. The summed E-state index contributed by atoms with van der Waals surface area (Å²) in [5.41, 5.74) is 1.38. The van der Waals surface area contributed by atoms with E-state index in [1.54, 1.807) is 24.3 Å². The van der Waals surface area contributed by atoms with Crippen molar-refractivity contribution in [2.75, 3.05) is 6.54 Å². The number of nitriles is 1. The fraction of sp³-hybridized carbons (Fsp3) is 0.357. The van der Waals surface area contributed by atoms with Crippen LogP contribution in [0.1, 0.15) is 24.0 Å². The van der Waals surface area contributed by atoms with Gasteiger partial charge in [-0.25, -0.2) is 0 Å². The molecule has 0 atom stereocenters. The quantitative estimate of drug-likeness (QED) is 0.805. The Morgan fingerprint density at radius 2 is 1.89 bits per heavy atom.